The molecule has 3 rings (SSSR count). The topological polar surface area (TPSA) is 151 Å². The molecule has 0 aliphatic carbocycles. The van der Waals surface area contributed by atoms with Gasteiger partial charge in [-0.15, -0.1) is 0 Å². The molecule has 0 saturated carbocycles. The molecule has 1 aliphatic rings. The zero-order valence-electron chi connectivity index (χ0n) is 15.7. The Kier molecular flexibility index (Phi) is 5.84. The zero-order chi connectivity index (χ0) is 21.0. The van der Waals surface area contributed by atoms with Crippen LogP contribution in [0, 0.1) is 11.3 Å². The summed E-state index contributed by atoms with van der Waals surface area (Å²) in [6, 6.07) is 8.09. The second-order valence-electron chi connectivity index (χ2n) is 6.61. The van der Waals surface area contributed by atoms with Gasteiger partial charge < -0.3 is 20.7 Å². The average Bonchev–Trinajstić information content (AvgIpc) is 2.67. The van der Waals surface area contributed by atoms with Crippen molar-refractivity contribution in [2.24, 2.45) is 5.73 Å². The molecular weight excluding hydrogens is 396 g/mol. The number of ether oxygens (including phenoxy) is 1. The number of anilines is 3. The Hall–Kier alpha value is -3.39. The number of piperidine rings is 1. The molecule has 1 amide bonds. The molecule has 0 spiro atoms. The van der Waals surface area contributed by atoms with Crippen LogP contribution in [-0.4, -0.2) is 49.9 Å². The third kappa shape index (κ3) is 5.11. The highest BCUT2D eigenvalue weighted by Gasteiger charge is 2.24. The van der Waals surface area contributed by atoms with Gasteiger partial charge >= 0.3 is 6.09 Å². The van der Waals surface area contributed by atoms with Crippen LogP contribution in [0.4, 0.5) is 22.1 Å². The lowest BCUT2D eigenvalue weighted by Gasteiger charge is -2.32. The lowest BCUT2D eigenvalue weighted by atomic mass is 10.1. The molecular formula is C18H20N6O4S. The van der Waals surface area contributed by atoms with Crippen LogP contribution < -0.4 is 16.0 Å². The first-order valence-corrected chi connectivity index (χ1v) is 10.7. The first-order chi connectivity index (χ1) is 13.8. The molecule has 11 heteroatoms. The molecule has 1 saturated heterocycles. The molecule has 29 heavy (non-hydrogen) atoms. The van der Waals surface area contributed by atoms with Gasteiger partial charge in [0.05, 0.1) is 17.6 Å². The van der Waals surface area contributed by atoms with E-state index < -0.39 is 15.9 Å². The summed E-state index contributed by atoms with van der Waals surface area (Å²) in [4.78, 5) is 21.7. The van der Waals surface area contributed by atoms with Crippen molar-refractivity contribution in [2.75, 3.05) is 29.6 Å². The maximum atomic E-state index is 11.6. The Morgan fingerprint density at radius 3 is 2.72 bits per heavy atom. The number of amides is 1. The largest absolute Gasteiger partial charge is 0.445 e. The maximum Gasteiger partial charge on any atom is 0.404 e. The van der Waals surface area contributed by atoms with Gasteiger partial charge in [0.25, 0.3) is 0 Å². The number of hydrogen-bond acceptors (Lipinski definition) is 9. The summed E-state index contributed by atoms with van der Waals surface area (Å²) in [5.41, 5.74) is 5.77. The number of nitrogens with two attached hydrogens (primary N) is 1. The predicted octanol–water partition coefficient (Wildman–Crippen LogP) is 1.56. The van der Waals surface area contributed by atoms with Gasteiger partial charge in [-0.2, -0.15) is 5.26 Å². The van der Waals surface area contributed by atoms with E-state index in [1.807, 2.05) is 11.0 Å². The van der Waals surface area contributed by atoms with Gasteiger partial charge in [0.2, 0.25) is 0 Å². The summed E-state index contributed by atoms with van der Waals surface area (Å²) in [7, 11) is -3.30. The Balaban J connectivity index is 1.82. The van der Waals surface area contributed by atoms with Crippen LogP contribution >= 0.6 is 0 Å². The number of primary amides is 1. The number of hydrogen-bond donors (Lipinski definition) is 2. The molecule has 2 heterocycles. The van der Waals surface area contributed by atoms with E-state index >= 15 is 0 Å². The maximum absolute atomic E-state index is 11.6. The van der Waals surface area contributed by atoms with Crippen LogP contribution in [0.2, 0.25) is 0 Å². The molecule has 152 valence electrons. The van der Waals surface area contributed by atoms with Crippen LogP contribution in [0.5, 0.6) is 0 Å². The van der Waals surface area contributed by atoms with Crippen molar-refractivity contribution in [3.63, 3.8) is 0 Å². The third-order valence-electron chi connectivity index (χ3n) is 4.40. The van der Waals surface area contributed by atoms with E-state index in [0.29, 0.717) is 31.0 Å². The minimum absolute atomic E-state index is 0.0999. The zero-order valence-corrected chi connectivity index (χ0v) is 16.5. The van der Waals surface area contributed by atoms with Crippen molar-refractivity contribution in [3.05, 3.63) is 36.2 Å². The molecule has 3 N–H and O–H groups in total. The van der Waals surface area contributed by atoms with Crippen molar-refractivity contribution < 1.29 is 17.9 Å². The fraction of sp³-hybridized carbons (Fsp3) is 0.333. The van der Waals surface area contributed by atoms with Gasteiger partial charge in [0, 0.05) is 18.5 Å². The van der Waals surface area contributed by atoms with Crippen molar-refractivity contribution in [1.82, 2.24) is 9.97 Å². The minimum atomic E-state index is -3.30. The summed E-state index contributed by atoms with van der Waals surface area (Å²) in [5, 5.41) is 12.3. The monoisotopic (exact) mass is 416 g/mol. The number of rotatable bonds is 5. The molecule has 1 aromatic carbocycles. The number of aromatic nitrogens is 2. The number of sulfone groups is 1. The van der Waals surface area contributed by atoms with E-state index in [2.05, 4.69) is 15.3 Å². The van der Waals surface area contributed by atoms with Gasteiger partial charge in [-0.3, -0.25) is 0 Å². The van der Waals surface area contributed by atoms with Gasteiger partial charge in [-0.05, 0) is 37.1 Å². The van der Waals surface area contributed by atoms with Crippen LogP contribution in [0.1, 0.15) is 18.5 Å². The number of carbonyl (C=O) groups is 1. The second-order valence-corrected chi connectivity index (χ2v) is 8.62. The Morgan fingerprint density at radius 2 is 2.10 bits per heavy atom. The highest BCUT2D eigenvalue weighted by atomic mass is 32.2. The van der Waals surface area contributed by atoms with Crippen LogP contribution in [-0.2, 0) is 14.6 Å². The standard InChI is InChI=1S/C18H20N6O4S/c1-29(26,27)14-6-4-12(5-7-14)22-17-15(9-19)21-10-16(23-17)24-8-2-3-13(11-24)28-18(20)25/h4-7,10,13H,2-3,8,11H2,1H3,(H2,20,25)(H,22,23). The molecule has 1 aliphatic heterocycles. The summed E-state index contributed by atoms with van der Waals surface area (Å²) in [6.07, 6.45) is 2.96. The molecule has 0 radical (unpaired) electrons. The van der Waals surface area contributed by atoms with Gasteiger partial charge in [0.15, 0.2) is 21.3 Å². The number of nitrogens with one attached hydrogen (secondary N) is 1. The van der Waals surface area contributed by atoms with E-state index in [9.17, 15) is 18.5 Å². The SMILES string of the molecule is CS(=O)(=O)c1ccc(Nc2nc(N3CCCC(OC(N)=O)C3)cnc2C#N)cc1. The quantitative estimate of drug-likeness (QED) is 0.739. The second kappa shape index (κ2) is 8.32. The first-order valence-electron chi connectivity index (χ1n) is 8.81. The minimum Gasteiger partial charge on any atom is -0.445 e. The highest BCUT2D eigenvalue weighted by Crippen LogP contribution is 2.24. The number of nitrogens with zero attached hydrogens (tertiary/aromatic N) is 4. The first kappa shape index (κ1) is 20.3. The van der Waals surface area contributed by atoms with E-state index in [1.54, 1.807) is 12.1 Å². The third-order valence-corrected chi connectivity index (χ3v) is 5.52. The summed E-state index contributed by atoms with van der Waals surface area (Å²) >= 11 is 0. The molecule has 1 atom stereocenters. The Bertz CT molecular complexity index is 1050. The van der Waals surface area contributed by atoms with E-state index in [4.69, 9.17) is 10.5 Å². The van der Waals surface area contributed by atoms with Crippen molar-refractivity contribution in [3.8, 4) is 6.07 Å². The number of benzene rings is 1. The average molecular weight is 416 g/mol. The summed E-state index contributed by atoms with van der Waals surface area (Å²) < 4.78 is 28.3. The molecule has 10 nitrogen and oxygen atoms in total. The normalized spacial score (nSPS) is 16.7. The molecule has 1 unspecified atom stereocenters. The summed E-state index contributed by atoms with van der Waals surface area (Å²) in [6.45, 7) is 1.12. The van der Waals surface area contributed by atoms with E-state index in [0.717, 1.165) is 12.7 Å². The van der Waals surface area contributed by atoms with E-state index in [1.165, 1.54) is 18.3 Å². The van der Waals surface area contributed by atoms with Gasteiger partial charge in [-0.25, -0.2) is 23.2 Å². The van der Waals surface area contributed by atoms with Crippen molar-refractivity contribution in [1.29, 1.82) is 5.26 Å². The van der Waals surface area contributed by atoms with Crippen LogP contribution in [0.3, 0.4) is 0 Å². The number of nitriles is 1. The molecule has 2 aromatic rings. The molecule has 0 bridgehead atoms. The van der Waals surface area contributed by atoms with Crippen LogP contribution in [0.25, 0.3) is 0 Å². The Morgan fingerprint density at radius 1 is 1.38 bits per heavy atom. The van der Waals surface area contributed by atoms with Crippen molar-refractivity contribution >= 4 is 33.3 Å². The summed E-state index contributed by atoms with van der Waals surface area (Å²) in [5.74, 6) is 0.770. The Labute approximate surface area is 168 Å². The predicted molar refractivity (Wildman–Crippen MR) is 105 cm³/mol. The van der Waals surface area contributed by atoms with Crippen LogP contribution in [0.15, 0.2) is 35.4 Å². The van der Waals surface area contributed by atoms with Crippen molar-refractivity contribution in [2.45, 2.75) is 23.8 Å². The highest BCUT2D eigenvalue weighted by molar-refractivity contribution is 7.90. The van der Waals surface area contributed by atoms with E-state index in [-0.39, 0.29) is 22.5 Å². The van der Waals surface area contributed by atoms with Gasteiger partial charge in [-0.1, -0.05) is 0 Å². The molecule has 1 fully saturated rings. The smallest absolute Gasteiger partial charge is 0.404 e. The fourth-order valence-electron chi connectivity index (χ4n) is 3.03. The molecule has 1 aromatic heterocycles. The lowest BCUT2D eigenvalue weighted by Crippen LogP contribution is -2.41. The number of carbonyl (C=O) groups excluding carboxylic acids is 1. The van der Waals surface area contributed by atoms with Gasteiger partial charge in [0.1, 0.15) is 18.0 Å². The lowest BCUT2D eigenvalue weighted by molar-refractivity contribution is 0.0964. The fourth-order valence-corrected chi connectivity index (χ4v) is 3.66.